The summed E-state index contributed by atoms with van der Waals surface area (Å²) >= 11 is 0. The molecule has 1 fully saturated rings. The molecule has 1 aliphatic rings. The predicted octanol–water partition coefficient (Wildman–Crippen LogP) is 1.54. The van der Waals surface area contributed by atoms with Crippen LogP contribution in [0, 0.1) is 0 Å². The summed E-state index contributed by atoms with van der Waals surface area (Å²) in [4.78, 5) is 0. The number of aliphatic hydroxyl groups excluding tert-OH is 1. The zero-order valence-corrected chi connectivity index (χ0v) is 8.12. The third-order valence-corrected chi connectivity index (χ3v) is 4.55. The minimum absolute atomic E-state index is 0.145. The van der Waals surface area contributed by atoms with Crippen LogP contribution in [-0.4, -0.2) is 35.9 Å². The highest BCUT2D eigenvalue weighted by molar-refractivity contribution is 8.77. The third-order valence-electron chi connectivity index (χ3n) is 1.55. The molecule has 1 rings (SSSR count). The van der Waals surface area contributed by atoms with Crippen molar-refractivity contribution in [3.63, 3.8) is 0 Å². The van der Waals surface area contributed by atoms with Gasteiger partial charge in [-0.05, 0) is 12.8 Å². The van der Waals surface area contributed by atoms with Crippen LogP contribution in [0.1, 0.15) is 12.8 Å². The summed E-state index contributed by atoms with van der Waals surface area (Å²) in [6, 6.07) is 0. The van der Waals surface area contributed by atoms with E-state index < -0.39 is 0 Å². The maximum Gasteiger partial charge on any atom is 0.0697 e. The van der Waals surface area contributed by atoms with E-state index in [1.165, 1.54) is 12.2 Å². The number of hydrogen-bond donors (Lipinski definition) is 1. The van der Waals surface area contributed by atoms with Crippen molar-refractivity contribution in [2.24, 2.45) is 0 Å². The SMILES string of the molecule is OCCOCCC1CCSS1. The minimum atomic E-state index is 0.145. The summed E-state index contributed by atoms with van der Waals surface area (Å²) in [5.41, 5.74) is 0. The first-order valence-corrected chi connectivity index (χ1v) is 6.28. The van der Waals surface area contributed by atoms with E-state index >= 15 is 0 Å². The average molecular weight is 194 g/mol. The lowest BCUT2D eigenvalue weighted by molar-refractivity contribution is 0.0906. The van der Waals surface area contributed by atoms with Crippen LogP contribution in [0.4, 0.5) is 0 Å². The summed E-state index contributed by atoms with van der Waals surface area (Å²) in [7, 11) is 3.93. The van der Waals surface area contributed by atoms with Gasteiger partial charge in [0.2, 0.25) is 0 Å². The summed E-state index contributed by atoms with van der Waals surface area (Å²) in [6.07, 6.45) is 2.45. The Kier molecular flexibility index (Phi) is 5.45. The zero-order valence-electron chi connectivity index (χ0n) is 6.49. The lowest BCUT2D eigenvalue weighted by Crippen LogP contribution is -2.06. The molecule has 0 amide bonds. The highest BCUT2D eigenvalue weighted by atomic mass is 33.1. The molecule has 1 unspecified atom stereocenters. The molecule has 0 bridgehead atoms. The molecule has 0 aromatic heterocycles. The first-order valence-electron chi connectivity index (χ1n) is 3.90. The van der Waals surface area contributed by atoms with Crippen molar-refractivity contribution in [3.8, 4) is 0 Å². The number of hydrogen-bond acceptors (Lipinski definition) is 4. The van der Waals surface area contributed by atoms with Crippen LogP contribution in [0.3, 0.4) is 0 Å². The second-order valence-corrected chi connectivity index (χ2v) is 5.24. The van der Waals surface area contributed by atoms with E-state index in [0.717, 1.165) is 18.3 Å². The molecule has 2 nitrogen and oxygen atoms in total. The fourth-order valence-electron chi connectivity index (χ4n) is 0.946. The zero-order chi connectivity index (χ0) is 7.94. The van der Waals surface area contributed by atoms with Crippen LogP contribution in [-0.2, 0) is 4.74 Å². The van der Waals surface area contributed by atoms with Crippen LogP contribution in [0.15, 0.2) is 0 Å². The molecule has 66 valence electrons. The average Bonchev–Trinajstić information content (AvgIpc) is 2.50. The van der Waals surface area contributed by atoms with Gasteiger partial charge in [-0.2, -0.15) is 0 Å². The first-order chi connectivity index (χ1) is 5.43. The molecular formula is C7H14O2S2. The summed E-state index contributed by atoms with van der Waals surface area (Å²) in [6.45, 7) is 1.44. The monoisotopic (exact) mass is 194 g/mol. The molecule has 11 heavy (non-hydrogen) atoms. The number of ether oxygens (including phenoxy) is 1. The van der Waals surface area contributed by atoms with Gasteiger partial charge in [-0.3, -0.25) is 0 Å². The van der Waals surface area contributed by atoms with E-state index in [0.29, 0.717) is 6.61 Å². The molecule has 1 saturated heterocycles. The van der Waals surface area contributed by atoms with E-state index in [4.69, 9.17) is 9.84 Å². The topological polar surface area (TPSA) is 29.5 Å². The van der Waals surface area contributed by atoms with Crippen LogP contribution in [0.2, 0.25) is 0 Å². The van der Waals surface area contributed by atoms with Gasteiger partial charge in [-0.15, -0.1) is 0 Å². The Labute approximate surface area is 75.5 Å². The van der Waals surface area contributed by atoms with Crippen molar-refractivity contribution >= 4 is 21.6 Å². The molecule has 0 saturated carbocycles. The van der Waals surface area contributed by atoms with Gasteiger partial charge in [0.25, 0.3) is 0 Å². The lowest BCUT2D eigenvalue weighted by Gasteiger charge is -2.06. The second kappa shape index (κ2) is 6.17. The van der Waals surface area contributed by atoms with E-state index in [1.807, 2.05) is 21.6 Å². The quantitative estimate of drug-likeness (QED) is 0.531. The van der Waals surface area contributed by atoms with E-state index in [9.17, 15) is 0 Å². The fourth-order valence-corrected chi connectivity index (χ4v) is 3.90. The van der Waals surface area contributed by atoms with Gasteiger partial charge in [0.1, 0.15) is 0 Å². The Morgan fingerprint density at radius 2 is 2.36 bits per heavy atom. The molecule has 0 radical (unpaired) electrons. The molecule has 1 heterocycles. The van der Waals surface area contributed by atoms with Gasteiger partial charge in [0.05, 0.1) is 13.2 Å². The molecule has 0 aliphatic carbocycles. The van der Waals surface area contributed by atoms with Crippen LogP contribution >= 0.6 is 21.6 Å². The van der Waals surface area contributed by atoms with Crippen molar-refractivity contribution < 1.29 is 9.84 Å². The van der Waals surface area contributed by atoms with Crippen molar-refractivity contribution in [2.75, 3.05) is 25.6 Å². The Bertz CT molecular complexity index is 94.4. The van der Waals surface area contributed by atoms with Gasteiger partial charge in [-0.25, -0.2) is 0 Å². The van der Waals surface area contributed by atoms with Gasteiger partial charge in [0, 0.05) is 17.6 Å². The highest BCUT2D eigenvalue weighted by Crippen LogP contribution is 2.38. The molecule has 1 N–H and O–H groups in total. The predicted molar refractivity (Wildman–Crippen MR) is 51.0 cm³/mol. The summed E-state index contributed by atoms with van der Waals surface area (Å²) < 4.78 is 5.17. The van der Waals surface area contributed by atoms with Crippen molar-refractivity contribution in [1.82, 2.24) is 0 Å². The Morgan fingerprint density at radius 3 is 3.00 bits per heavy atom. The molecule has 0 aromatic rings. The molecular weight excluding hydrogens is 180 g/mol. The lowest BCUT2D eigenvalue weighted by atomic mass is 10.2. The van der Waals surface area contributed by atoms with Crippen LogP contribution in [0.25, 0.3) is 0 Å². The Balaban J connectivity index is 1.86. The highest BCUT2D eigenvalue weighted by Gasteiger charge is 2.15. The maximum absolute atomic E-state index is 8.42. The Hall–Kier alpha value is 0.620. The molecule has 0 aromatic carbocycles. The summed E-state index contributed by atoms with van der Waals surface area (Å²) in [5.74, 6) is 1.29. The maximum atomic E-state index is 8.42. The molecule has 1 atom stereocenters. The fraction of sp³-hybridized carbons (Fsp3) is 1.00. The standard InChI is InChI=1S/C7H14O2S2/c8-3-5-9-4-1-7-2-6-10-11-7/h7-8H,1-6H2. The van der Waals surface area contributed by atoms with Gasteiger partial charge < -0.3 is 9.84 Å². The van der Waals surface area contributed by atoms with E-state index in [2.05, 4.69) is 0 Å². The van der Waals surface area contributed by atoms with Gasteiger partial charge in [0.15, 0.2) is 0 Å². The van der Waals surface area contributed by atoms with Crippen molar-refractivity contribution in [2.45, 2.75) is 18.1 Å². The van der Waals surface area contributed by atoms with E-state index in [1.54, 1.807) is 0 Å². The smallest absolute Gasteiger partial charge is 0.0697 e. The second-order valence-electron chi connectivity index (χ2n) is 2.45. The third kappa shape index (κ3) is 4.25. The first kappa shape index (κ1) is 9.71. The molecule has 4 heteroatoms. The van der Waals surface area contributed by atoms with Crippen molar-refractivity contribution in [3.05, 3.63) is 0 Å². The van der Waals surface area contributed by atoms with Gasteiger partial charge >= 0.3 is 0 Å². The summed E-state index contributed by atoms with van der Waals surface area (Å²) in [5, 5.41) is 9.21. The molecule has 0 spiro atoms. The normalized spacial score (nSPS) is 24.3. The van der Waals surface area contributed by atoms with E-state index in [-0.39, 0.29) is 6.61 Å². The number of rotatable bonds is 5. The van der Waals surface area contributed by atoms with Gasteiger partial charge in [-0.1, -0.05) is 21.6 Å². The largest absolute Gasteiger partial charge is 0.394 e. The van der Waals surface area contributed by atoms with Crippen molar-refractivity contribution in [1.29, 1.82) is 0 Å². The molecule has 1 aliphatic heterocycles. The van der Waals surface area contributed by atoms with Crippen LogP contribution in [0.5, 0.6) is 0 Å². The minimum Gasteiger partial charge on any atom is -0.394 e. The van der Waals surface area contributed by atoms with Crippen LogP contribution < -0.4 is 0 Å². The Morgan fingerprint density at radius 1 is 1.45 bits per heavy atom. The number of aliphatic hydroxyl groups is 1.